The van der Waals surface area contributed by atoms with E-state index in [1.807, 2.05) is 0 Å². The first-order chi connectivity index (χ1) is 12.1. The molecule has 1 aromatic carbocycles. The highest BCUT2D eigenvalue weighted by atomic mass is 79.9. The topological polar surface area (TPSA) is 70.9 Å². The quantitative estimate of drug-likeness (QED) is 0.283. The van der Waals surface area contributed by atoms with Gasteiger partial charge in [-0.15, -0.1) is 0 Å². The Morgan fingerprint density at radius 2 is 1.84 bits per heavy atom. The zero-order valence-electron chi connectivity index (χ0n) is 15.2. The van der Waals surface area contributed by atoms with Crippen LogP contribution in [0.15, 0.2) is 21.7 Å². The summed E-state index contributed by atoms with van der Waals surface area (Å²) in [5, 5.41) is 13.7. The van der Waals surface area contributed by atoms with Gasteiger partial charge in [0.15, 0.2) is 11.5 Å². The molecule has 0 aliphatic rings. The average molecular weight is 413 g/mol. The number of hydrogen-bond acceptors (Lipinski definition) is 4. The number of ether oxygens (including phenoxy) is 1. The van der Waals surface area contributed by atoms with E-state index in [4.69, 9.17) is 4.74 Å². The number of methoxy groups -OCH3 is 1. The van der Waals surface area contributed by atoms with E-state index >= 15 is 0 Å². The number of amides is 1. The highest BCUT2D eigenvalue weighted by Gasteiger charge is 2.07. The first kappa shape index (κ1) is 21.5. The molecule has 1 rings (SSSR count). The van der Waals surface area contributed by atoms with Crippen molar-refractivity contribution in [1.82, 2.24) is 5.43 Å². The first-order valence-corrected chi connectivity index (χ1v) is 9.76. The molecule has 0 bridgehead atoms. The van der Waals surface area contributed by atoms with Crippen LogP contribution in [0.4, 0.5) is 0 Å². The number of unbranched alkanes of at least 4 members (excludes halogenated alkanes) is 7. The standard InChI is InChI=1S/C19H29BrN2O3/c1-3-4-5-6-7-8-9-10-11-18(23)22-21-14-15-12-16(20)19(24)17(13-15)25-2/h12-14,24H,3-11H2,1-2H3,(H,22,23)/b21-14+. The number of phenolic OH excluding ortho intramolecular Hbond substituents is 1. The van der Waals surface area contributed by atoms with Crippen LogP contribution in [0, 0.1) is 0 Å². The van der Waals surface area contributed by atoms with Crippen LogP contribution in [-0.4, -0.2) is 24.3 Å². The fraction of sp³-hybridized carbons (Fsp3) is 0.579. The van der Waals surface area contributed by atoms with Crippen molar-refractivity contribution in [2.45, 2.75) is 64.7 Å². The molecule has 0 aromatic heterocycles. The van der Waals surface area contributed by atoms with Crippen LogP contribution in [0.5, 0.6) is 11.5 Å². The molecular formula is C19H29BrN2O3. The number of carbonyl (C=O) groups excluding carboxylic acids is 1. The van der Waals surface area contributed by atoms with Crippen LogP contribution in [0.25, 0.3) is 0 Å². The molecule has 5 nitrogen and oxygen atoms in total. The van der Waals surface area contributed by atoms with Gasteiger partial charge in [0.05, 0.1) is 17.8 Å². The van der Waals surface area contributed by atoms with E-state index in [0.717, 1.165) is 12.8 Å². The zero-order chi connectivity index (χ0) is 18.5. The van der Waals surface area contributed by atoms with Gasteiger partial charge < -0.3 is 9.84 Å². The summed E-state index contributed by atoms with van der Waals surface area (Å²) in [5.41, 5.74) is 3.25. The number of rotatable bonds is 12. The van der Waals surface area contributed by atoms with Gasteiger partial charge in [-0.2, -0.15) is 5.10 Å². The lowest BCUT2D eigenvalue weighted by Crippen LogP contribution is -2.16. The number of hydrazone groups is 1. The molecule has 0 fully saturated rings. The monoisotopic (exact) mass is 412 g/mol. The maximum atomic E-state index is 11.8. The number of aromatic hydroxyl groups is 1. The summed E-state index contributed by atoms with van der Waals surface area (Å²) in [7, 11) is 1.48. The molecule has 0 spiro atoms. The van der Waals surface area contributed by atoms with Gasteiger partial charge >= 0.3 is 0 Å². The van der Waals surface area contributed by atoms with E-state index in [0.29, 0.717) is 22.2 Å². The largest absolute Gasteiger partial charge is 0.503 e. The summed E-state index contributed by atoms with van der Waals surface area (Å²) in [6.45, 7) is 2.22. The number of carbonyl (C=O) groups is 1. The Labute approximate surface area is 159 Å². The molecule has 0 saturated carbocycles. The van der Waals surface area contributed by atoms with Crippen molar-refractivity contribution >= 4 is 28.1 Å². The van der Waals surface area contributed by atoms with Gasteiger partial charge in [0, 0.05) is 6.42 Å². The van der Waals surface area contributed by atoms with Crippen molar-refractivity contribution < 1.29 is 14.6 Å². The van der Waals surface area contributed by atoms with Crippen LogP contribution in [0.3, 0.4) is 0 Å². The molecule has 0 radical (unpaired) electrons. The SMILES string of the molecule is CCCCCCCCCCC(=O)N/N=C/c1cc(Br)c(O)c(OC)c1. The van der Waals surface area contributed by atoms with E-state index in [2.05, 4.69) is 33.4 Å². The van der Waals surface area contributed by atoms with Gasteiger partial charge in [-0.3, -0.25) is 4.79 Å². The van der Waals surface area contributed by atoms with E-state index in [9.17, 15) is 9.90 Å². The number of nitrogens with zero attached hydrogens (tertiary/aromatic N) is 1. The highest BCUT2D eigenvalue weighted by Crippen LogP contribution is 2.34. The maximum absolute atomic E-state index is 11.8. The number of hydrogen-bond donors (Lipinski definition) is 2. The van der Waals surface area contributed by atoms with Crippen LogP contribution in [0.2, 0.25) is 0 Å². The summed E-state index contributed by atoms with van der Waals surface area (Å²) in [4.78, 5) is 11.8. The third kappa shape index (κ3) is 8.91. The van der Waals surface area contributed by atoms with Gasteiger partial charge in [-0.1, -0.05) is 51.9 Å². The van der Waals surface area contributed by atoms with Crippen molar-refractivity contribution in [3.8, 4) is 11.5 Å². The summed E-state index contributed by atoms with van der Waals surface area (Å²) >= 11 is 3.25. The number of benzene rings is 1. The molecule has 25 heavy (non-hydrogen) atoms. The smallest absolute Gasteiger partial charge is 0.240 e. The minimum Gasteiger partial charge on any atom is -0.503 e. The molecule has 0 unspecified atom stereocenters. The zero-order valence-corrected chi connectivity index (χ0v) is 16.8. The minimum absolute atomic E-state index is 0.0402. The normalized spacial score (nSPS) is 11.0. The van der Waals surface area contributed by atoms with E-state index < -0.39 is 0 Å². The van der Waals surface area contributed by atoms with Crippen LogP contribution >= 0.6 is 15.9 Å². The Hall–Kier alpha value is -1.56. The van der Waals surface area contributed by atoms with Crippen molar-refractivity contribution in [3.05, 3.63) is 22.2 Å². The third-order valence-electron chi connectivity index (χ3n) is 3.93. The fourth-order valence-corrected chi connectivity index (χ4v) is 2.94. The van der Waals surface area contributed by atoms with Gasteiger partial charge in [-0.05, 0) is 40.0 Å². The predicted octanol–water partition coefficient (Wildman–Crippen LogP) is 5.14. The molecule has 0 heterocycles. The highest BCUT2D eigenvalue weighted by molar-refractivity contribution is 9.10. The molecule has 0 aliphatic carbocycles. The lowest BCUT2D eigenvalue weighted by atomic mass is 10.1. The predicted molar refractivity (Wildman–Crippen MR) is 105 cm³/mol. The molecule has 140 valence electrons. The Morgan fingerprint density at radius 3 is 2.48 bits per heavy atom. The lowest BCUT2D eigenvalue weighted by Gasteiger charge is -2.06. The van der Waals surface area contributed by atoms with Gasteiger partial charge in [-0.25, -0.2) is 5.43 Å². The Kier molecular flexibility index (Phi) is 11.0. The molecule has 0 atom stereocenters. The molecule has 2 N–H and O–H groups in total. The summed E-state index contributed by atoms with van der Waals surface area (Å²) in [6, 6.07) is 3.35. The summed E-state index contributed by atoms with van der Waals surface area (Å²) in [5.74, 6) is 0.312. The Balaban J connectivity index is 2.23. The average Bonchev–Trinajstić information content (AvgIpc) is 2.60. The van der Waals surface area contributed by atoms with Crippen LogP contribution < -0.4 is 10.2 Å². The van der Waals surface area contributed by atoms with E-state index in [1.165, 1.54) is 51.8 Å². The first-order valence-electron chi connectivity index (χ1n) is 8.96. The second-order valence-corrected chi connectivity index (χ2v) is 6.93. The maximum Gasteiger partial charge on any atom is 0.240 e. The molecule has 1 amide bonds. The van der Waals surface area contributed by atoms with Gasteiger partial charge in [0.2, 0.25) is 5.91 Å². The van der Waals surface area contributed by atoms with Crippen molar-refractivity contribution in [2.24, 2.45) is 5.10 Å². The Morgan fingerprint density at radius 1 is 1.20 bits per heavy atom. The van der Waals surface area contributed by atoms with E-state index in [1.54, 1.807) is 12.1 Å². The third-order valence-corrected chi connectivity index (χ3v) is 4.54. The van der Waals surface area contributed by atoms with E-state index in [-0.39, 0.29) is 11.7 Å². The Bertz CT molecular complexity index is 562. The molecular weight excluding hydrogens is 384 g/mol. The van der Waals surface area contributed by atoms with Gasteiger partial charge in [0.1, 0.15) is 0 Å². The molecule has 0 aliphatic heterocycles. The fourth-order valence-electron chi connectivity index (χ4n) is 2.48. The van der Waals surface area contributed by atoms with Crippen LogP contribution in [0.1, 0.15) is 70.3 Å². The summed E-state index contributed by atoms with van der Waals surface area (Å²) in [6.07, 6.45) is 11.7. The minimum atomic E-state index is -0.0768. The van der Waals surface area contributed by atoms with Crippen LogP contribution in [-0.2, 0) is 4.79 Å². The lowest BCUT2D eigenvalue weighted by molar-refractivity contribution is -0.121. The number of nitrogens with one attached hydrogen (secondary N) is 1. The van der Waals surface area contributed by atoms with Gasteiger partial charge in [0.25, 0.3) is 0 Å². The number of phenols is 1. The second-order valence-electron chi connectivity index (χ2n) is 6.07. The number of halogens is 1. The summed E-state index contributed by atoms with van der Waals surface area (Å²) < 4.78 is 5.58. The second kappa shape index (κ2) is 12.8. The molecule has 6 heteroatoms. The van der Waals surface area contributed by atoms with Crippen molar-refractivity contribution in [3.63, 3.8) is 0 Å². The molecule has 0 saturated heterocycles. The van der Waals surface area contributed by atoms with Crippen molar-refractivity contribution in [2.75, 3.05) is 7.11 Å². The van der Waals surface area contributed by atoms with Crippen molar-refractivity contribution in [1.29, 1.82) is 0 Å². The molecule has 1 aromatic rings.